The summed E-state index contributed by atoms with van der Waals surface area (Å²) in [5, 5.41) is 46.2. The predicted octanol–water partition coefficient (Wildman–Crippen LogP) is 4.93. The molecule has 3 fully saturated rings. The Bertz CT molecular complexity index is 2780. The molecule has 414 valence electrons. The van der Waals surface area contributed by atoms with Gasteiger partial charge in [-0.25, -0.2) is 9.59 Å². The largest absolute Gasteiger partial charge is 0.506 e. The number of phenols is 1. The Labute approximate surface area is 452 Å². The van der Waals surface area contributed by atoms with Gasteiger partial charge in [0.05, 0.1) is 55.5 Å². The topological polar surface area (TPSA) is 344 Å². The number of fused-ring (bicyclic) bond motifs is 1. The van der Waals surface area contributed by atoms with Gasteiger partial charge in [0.1, 0.15) is 17.5 Å². The highest BCUT2D eigenvalue weighted by molar-refractivity contribution is 8.00. The van der Waals surface area contributed by atoms with Gasteiger partial charge in [-0.1, -0.05) is 34.9 Å². The first-order valence-corrected chi connectivity index (χ1v) is 26.7. The number of thioether (sulfide) groups is 1. The summed E-state index contributed by atoms with van der Waals surface area (Å²) in [6.07, 6.45) is 5.82. The lowest BCUT2D eigenvalue weighted by Gasteiger charge is -2.18. The van der Waals surface area contributed by atoms with Crippen LogP contribution in [0.1, 0.15) is 83.3 Å². The van der Waals surface area contributed by atoms with Gasteiger partial charge in [-0.05, 0) is 91.7 Å². The zero-order valence-electron chi connectivity index (χ0n) is 42.8. The van der Waals surface area contributed by atoms with E-state index < -0.39 is 23.8 Å². The summed E-state index contributed by atoms with van der Waals surface area (Å²) in [4.78, 5) is 94.7. The van der Waals surface area contributed by atoms with E-state index in [4.69, 9.17) is 24.6 Å². The number of rotatable bonds is 32. The smallest absolute Gasteiger partial charge is 0.363 e. The van der Waals surface area contributed by atoms with Gasteiger partial charge in [-0.2, -0.15) is 16.9 Å². The summed E-state index contributed by atoms with van der Waals surface area (Å²) in [5.74, 6) is -2.18. The van der Waals surface area contributed by atoms with Crippen molar-refractivity contribution in [2.45, 2.75) is 94.1 Å². The second-order valence-electron chi connectivity index (χ2n) is 18.3. The number of hydroxylamine groups is 2. The number of nitrogens with zero attached hydrogens (tertiary/aromatic N) is 9. The maximum Gasteiger partial charge on any atom is 0.363 e. The number of azide groups is 1. The lowest BCUT2D eigenvalue weighted by atomic mass is 10.0. The fourth-order valence-electron chi connectivity index (χ4n) is 8.38. The Morgan fingerprint density at radius 1 is 0.821 bits per heavy atom. The number of aromatic nitrogens is 3. The number of benzene rings is 3. The number of aryl methyl sites for hydroxylation is 2. The molecule has 0 radical (unpaired) electrons. The zero-order valence-corrected chi connectivity index (χ0v) is 43.6. The van der Waals surface area contributed by atoms with Gasteiger partial charge < -0.3 is 50.7 Å². The zero-order chi connectivity index (χ0) is 55.1. The van der Waals surface area contributed by atoms with E-state index in [-0.39, 0.29) is 83.8 Å². The Kier molecular flexibility index (Phi) is 22.3. The van der Waals surface area contributed by atoms with E-state index in [0.29, 0.717) is 113 Å². The summed E-state index contributed by atoms with van der Waals surface area (Å²) in [7, 11) is 0. The molecule has 4 heterocycles. The molecular weight excluding hydrogens is 1030 g/mol. The first kappa shape index (κ1) is 57.7. The Morgan fingerprint density at radius 3 is 2.22 bits per heavy atom. The van der Waals surface area contributed by atoms with Crippen molar-refractivity contribution in [2.75, 3.05) is 58.5 Å². The third kappa shape index (κ3) is 18.1. The number of carbonyl (C=O) groups is 7. The highest BCUT2D eigenvalue weighted by atomic mass is 32.2. The fraction of sp³-hybridized carbons (Fsp3) is 0.471. The Balaban J connectivity index is 0.809. The molecule has 26 nitrogen and oxygen atoms in total. The molecule has 3 aliphatic heterocycles. The molecule has 0 saturated carbocycles. The molecule has 7 amide bonds. The van der Waals surface area contributed by atoms with Crippen molar-refractivity contribution in [1.29, 1.82) is 0 Å². The van der Waals surface area contributed by atoms with Crippen molar-refractivity contribution in [1.82, 2.24) is 46.6 Å². The molecular formula is C51H62N14O12S. The molecule has 3 saturated heterocycles. The summed E-state index contributed by atoms with van der Waals surface area (Å²) in [5.41, 5.74) is 11.3. The Hall–Kier alpha value is -7.97. The van der Waals surface area contributed by atoms with Crippen molar-refractivity contribution in [2.24, 2.45) is 15.3 Å². The molecule has 2 unspecified atom stereocenters. The van der Waals surface area contributed by atoms with Gasteiger partial charge in [0.25, 0.3) is 17.7 Å². The molecule has 0 spiro atoms. The quantitative estimate of drug-likeness (QED) is 0.00943. The molecule has 3 aliphatic rings. The highest BCUT2D eigenvalue weighted by Gasteiger charge is 2.42. The van der Waals surface area contributed by atoms with E-state index in [1.54, 1.807) is 47.3 Å². The summed E-state index contributed by atoms with van der Waals surface area (Å²) in [6, 6.07) is 16.2. The number of carbonyl (C=O) groups excluding carboxylic acids is 7. The minimum absolute atomic E-state index is 0.0195. The van der Waals surface area contributed by atoms with Crippen molar-refractivity contribution >= 4 is 70.4 Å². The van der Waals surface area contributed by atoms with Crippen molar-refractivity contribution in [3.63, 3.8) is 0 Å². The molecule has 1 aromatic heterocycles. The van der Waals surface area contributed by atoms with Gasteiger partial charge in [0, 0.05) is 91.9 Å². The molecule has 3 aromatic carbocycles. The first-order valence-electron chi connectivity index (χ1n) is 25.7. The lowest BCUT2D eigenvalue weighted by Crippen LogP contribution is -2.48. The highest BCUT2D eigenvalue weighted by Crippen LogP contribution is 2.33. The van der Waals surface area contributed by atoms with Crippen LogP contribution in [0, 0.1) is 0 Å². The van der Waals surface area contributed by atoms with Gasteiger partial charge in [-0.3, -0.25) is 28.7 Å². The van der Waals surface area contributed by atoms with Gasteiger partial charge in [-0.15, -0.1) is 15.3 Å². The molecule has 78 heavy (non-hydrogen) atoms. The number of nitrogens with one attached hydrogen (secondary N) is 5. The minimum atomic E-state index is -0.930. The molecule has 0 bridgehead atoms. The number of phenolic OH excluding ortho intramolecular Hbond substituents is 1. The number of amides is 7. The number of hydrogen-bond donors (Lipinski definition) is 6. The van der Waals surface area contributed by atoms with Crippen LogP contribution >= 0.6 is 11.8 Å². The third-order valence-electron chi connectivity index (χ3n) is 12.5. The summed E-state index contributed by atoms with van der Waals surface area (Å²) in [6.45, 7) is 3.37. The Morgan fingerprint density at radius 2 is 1.50 bits per heavy atom. The van der Waals surface area contributed by atoms with Gasteiger partial charge in [0.2, 0.25) is 11.8 Å². The van der Waals surface area contributed by atoms with Crippen LogP contribution in [-0.2, 0) is 57.6 Å². The van der Waals surface area contributed by atoms with E-state index in [9.17, 15) is 38.7 Å². The third-order valence-corrected chi connectivity index (χ3v) is 14.0. The normalized spacial score (nSPS) is 17.1. The molecule has 27 heteroatoms. The van der Waals surface area contributed by atoms with Crippen LogP contribution in [0.15, 0.2) is 88.3 Å². The van der Waals surface area contributed by atoms with Crippen LogP contribution in [-0.4, -0.2) is 149 Å². The average Bonchev–Trinajstić information content (AvgIpc) is 4.24. The second kappa shape index (κ2) is 30.1. The number of unbranched alkanes of at least 4 members (excludes halogenated alkanes) is 1. The van der Waals surface area contributed by atoms with Gasteiger partial charge in [0.15, 0.2) is 0 Å². The molecule has 0 aliphatic carbocycles. The second-order valence-corrected chi connectivity index (χ2v) is 19.5. The van der Waals surface area contributed by atoms with E-state index in [1.165, 1.54) is 30.3 Å². The molecule has 6 N–H and O–H groups in total. The maximum atomic E-state index is 13.6. The number of ether oxygens (including phenoxy) is 3. The van der Waals surface area contributed by atoms with Crippen LogP contribution < -0.4 is 26.6 Å². The standard InChI is InChI=1S/C51H62N14O12S/c52-62-59-37-12-8-34(9-13-37)48(70)53-20-3-23-74-25-27-76-28-26-75-24-4-21-54-49(71)40(55-44(67)6-2-1-5-43-47-41(32-78-43)56-51(73)57-47)30-38-31-64(63-60-38)22-19-33-7-16-42(66)39(29-33)61-58-36-14-10-35(11-15-36)50(72)77-65-45(68)17-18-46(65)69/h7-16,29,31,40-41,43,47,66H,1-6,17-28,30,32H2,(H,53,70)(H,54,71)(H,55,67)(H2,56,57,73)/b61-58+/t40?,41-,43?,47-/m1/s1. The molecule has 4 atom stereocenters. The van der Waals surface area contributed by atoms with Crippen molar-refractivity contribution in [3.05, 3.63) is 106 Å². The van der Waals surface area contributed by atoms with E-state index in [1.807, 2.05) is 11.8 Å². The fourth-order valence-corrected chi connectivity index (χ4v) is 9.92. The number of aromatic hydroxyl groups is 1. The van der Waals surface area contributed by atoms with Crippen LogP contribution in [0.5, 0.6) is 5.75 Å². The van der Waals surface area contributed by atoms with Crippen molar-refractivity contribution < 1.29 is 57.7 Å². The predicted molar refractivity (Wildman–Crippen MR) is 281 cm³/mol. The van der Waals surface area contributed by atoms with Crippen LogP contribution in [0.25, 0.3) is 10.4 Å². The van der Waals surface area contributed by atoms with Crippen molar-refractivity contribution in [3.8, 4) is 5.75 Å². The lowest BCUT2D eigenvalue weighted by molar-refractivity contribution is -0.172. The number of imide groups is 1. The van der Waals surface area contributed by atoms with Crippen LogP contribution in [0.3, 0.4) is 0 Å². The van der Waals surface area contributed by atoms with Gasteiger partial charge >= 0.3 is 12.0 Å². The molecule has 4 aromatic rings. The van der Waals surface area contributed by atoms with E-state index >= 15 is 0 Å². The molecule has 7 rings (SSSR count). The average molecular weight is 1100 g/mol. The van der Waals surface area contributed by atoms with Crippen LogP contribution in [0.4, 0.5) is 21.9 Å². The summed E-state index contributed by atoms with van der Waals surface area (Å²) >= 11 is 1.82. The van der Waals surface area contributed by atoms with E-state index in [0.717, 1.165) is 24.2 Å². The monoisotopic (exact) mass is 1090 g/mol. The minimum Gasteiger partial charge on any atom is -0.506 e. The number of hydrogen-bond acceptors (Lipinski definition) is 18. The summed E-state index contributed by atoms with van der Waals surface area (Å²) < 4.78 is 18.5. The van der Waals surface area contributed by atoms with E-state index in [2.05, 4.69) is 57.2 Å². The number of urea groups is 1. The first-order chi connectivity index (χ1) is 37.9. The SMILES string of the molecule is [N-]=[N+]=Nc1ccc(C(=O)NCCCOCCOCCOCCCNC(=O)C(Cc2cn(CCc3ccc(O)c(/N=N/c4ccc(C(=O)ON5C(=O)CCC5=O)cc4)c3)nn2)NC(=O)CCCCC2SC[C@H]3NC(=O)N[C@@H]23)cc1. The number of azo groups is 1. The maximum absolute atomic E-state index is 13.6. The van der Waals surface area contributed by atoms with Crippen LogP contribution in [0.2, 0.25) is 0 Å².